The number of amides is 1. The third-order valence-electron chi connectivity index (χ3n) is 3.08. The molecule has 3 aromatic rings. The molecule has 1 N–H and O–H groups in total. The molecule has 0 unspecified atom stereocenters. The van der Waals surface area contributed by atoms with Crippen molar-refractivity contribution in [3.63, 3.8) is 0 Å². The van der Waals surface area contributed by atoms with Crippen molar-refractivity contribution in [2.75, 3.05) is 12.4 Å². The lowest BCUT2D eigenvalue weighted by Gasteiger charge is -2.03. The van der Waals surface area contributed by atoms with Gasteiger partial charge in [-0.1, -0.05) is 29.5 Å². The number of methoxy groups -OCH3 is 1. The maximum absolute atomic E-state index is 13.7. The van der Waals surface area contributed by atoms with Crippen molar-refractivity contribution in [2.24, 2.45) is 0 Å². The molecule has 0 atom stereocenters. The van der Waals surface area contributed by atoms with Crippen LogP contribution in [0.4, 0.5) is 9.52 Å². The third kappa shape index (κ3) is 3.35. The molecule has 0 fully saturated rings. The van der Waals surface area contributed by atoms with Crippen molar-refractivity contribution >= 4 is 22.4 Å². The molecular weight excluding hydrogens is 317 g/mol. The number of benzene rings is 2. The number of carbonyl (C=O) groups is 1. The van der Waals surface area contributed by atoms with Gasteiger partial charge in [-0.2, -0.15) is 0 Å². The van der Waals surface area contributed by atoms with E-state index in [4.69, 9.17) is 4.74 Å². The number of hydrogen-bond acceptors (Lipinski definition) is 5. The molecule has 0 bridgehead atoms. The fourth-order valence-corrected chi connectivity index (χ4v) is 2.72. The Morgan fingerprint density at radius 3 is 2.78 bits per heavy atom. The summed E-state index contributed by atoms with van der Waals surface area (Å²) in [4.78, 5) is 12.2. The number of carbonyl (C=O) groups excluding carboxylic acids is 1. The second kappa shape index (κ2) is 6.53. The molecule has 1 heterocycles. The van der Waals surface area contributed by atoms with Crippen molar-refractivity contribution in [1.29, 1.82) is 0 Å². The average Bonchev–Trinajstić information content (AvgIpc) is 3.03. The predicted molar refractivity (Wildman–Crippen MR) is 86.3 cm³/mol. The number of rotatable bonds is 4. The Kier molecular flexibility index (Phi) is 4.29. The van der Waals surface area contributed by atoms with Crippen LogP contribution in [0.2, 0.25) is 0 Å². The van der Waals surface area contributed by atoms with Crippen LogP contribution in [-0.4, -0.2) is 23.2 Å². The molecule has 1 aromatic heterocycles. The Hall–Kier alpha value is -2.80. The van der Waals surface area contributed by atoms with E-state index in [0.717, 1.165) is 11.3 Å². The van der Waals surface area contributed by atoms with E-state index < -0.39 is 0 Å². The Morgan fingerprint density at radius 1 is 1.17 bits per heavy atom. The Labute approximate surface area is 135 Å². The van der Waals surface area contributed by atoms with Crippen LogP contribution >= 0.6 is 11.3 Å². The Balaban J connectivity index is 1.79. The van der Waals surface area contributed by atoms with Crippen LogP contribution in [-0.2, 0) is 0 Å². The Bertz CT molecular complexity index is 851. The number of ether oxygens (including phenoxy) is 1. The number of anilines is 1. The monoisotopic (exact) mass is 329 g/mol. The highest BCUT2D eigenvalue weighted by Gasteiger charge is 2.13. The lowest BCUT2D eigenvalue weighted by Crippen LogP contribution is -2.11. The smallest absolute Gasteiger partial charge is 0.257 e. The van der Waals surface area contributed by atoms with E-state index in [9.17, 15) is 9.18 Å². The second-order valence-electron chi connectivity index (χ2n) is 4.58. The third-order valence-corrected chi connectivity index (χ3v) is 3.95. The van der Waals surface area contributed by atoms with Crippen LogP contribution in [0.15, 0.2) is 48.5 Å². The zero-order valence-corrected chi connectivity index (χ0v) is 12.9. The van der Waals surface area contributed by atoms with Crippen LogP contribution in [0.5, 0.6) is 5.75 Å². The summed E-state index contributed by atoms with van der Waals surface area (Å²) in [5, 5.41) is 11.2. The number of nitrogens with zero attached hydrogens (tertiary/aromatic N) is 2. The maximum Gasteiger partial charge on any atom is 0.257 e. The summed E-state index contributed by atoms with van der Waals surface area (Å²) in [7, 11) is 1.53. The molecule has 0 aliphatic carbocycles. The van der Waals surface area contributed by atoms with E-state index in [0.29, 0.717) is 27.0 Å². The van der Waals surface area contributed by atoms with E-state index in [1.807, 2.05) is 0 Å². The second-order valence-corrected chi connectivity index (χ2v) is 5.56. The van der Waals surface area contributed by atoms with Gasteiger partial charge in [0.25, 0.3) is 5.91 Å². The summed E-state index contributed by atoms with van der Waals surface area (Å²) < 4.78 is 18.8. The summed E-state index contributed by atoms with van der Waals surface area (Å²) in [5.41, 5.74) is 0.791. The molecule has 0 radical (unpaired) electrons. The number of nitrogens with one attached hydrogen (secondary N) is 1. The molecule has 0 spiro atoms. The quantitative estimate of drug-likeness (QED) is 0.794. The lowest BCUT2D eigenvalue weighted by atomic mass is 10.2. The molecular formula is C16H12FN3O2S. The minimum absolute atomic E-state index is 0.302. The van der Waals surface area contributed by atoms with Gasteiger partial charge in [0.15, 0.2) is 5.01 Å². The lowest BCUT2D eigenvalue weighted by molar-refractivity contribution is 0.102. The number of halogens is 1. The van der Waals surface area contributed by atoms with Gasteiger partial charge in [-0.3, -0.25) is 10.1 Å². The van der Waals surface area contributed by atoms with Crippen molar-refractivity contribution in [3.8, 4) is 16.3 Å². The molecule has 0 saturated heterocycles. The van der Waals surface area contributed by atoms with Crippen LogP contribution in [0.1, 0.15) is 10.4 Å². The average molecular weight is 329 g/mol. The number of hydrogen-bond donors (Lipinski definition) is 1. The summed E-state index contributed by atoms with van der Waals surface area (Å²) in [6, 6.07) is 13.0. The van der Waals surface area contributed by atoms with Gasteiger partial charge in [0, 0.05) is 11.1 Å². The van der Waals surface area contributed by atoms with Crippen molar-refractivity contribution in [3.05, 3.63) is 59.9 Å². The number of aromatic nitrogens is 2. The van der Waals surface area contributed by atoms with Crippen LogP contribution in [0.25, 0.3) is 10.6 Å². The molecule has 2 aromatic carbocycles. The van der Waals surface area contributed by atoms with Crippen LogP contribution in [0, 0.1) is 5.82 Å². The van der Waals surface area contributed by atoms with E-state index in [1.54, 1.807) is 42.5 Å². The first-order valence-corrected chi connectivity index (χ1v) is 7.53. The molecule has 7 heteroatoms. The normalized spacial score (nSPS) is 10.3. The highest BCUT2D eigenvalue weighted by molar-refractivity contribution is 7.18. The van der Waals surface area contributed by atoms with Gasteiger partial charge in [0.05, 0.1) is 7.11 Å². The van der Waals surface area contributed by atoms with Gasteiger partial charge in [-0.25, -0.2) is 4.39 Å². The fourth-order valence-electron chi connectivity index (χ4n) is 1.95. The topological polar surface area (TPSA) is 64.1 Å². The highest BCUT2D eigenvalue weighted by atomic mass is 32.1. The zero-order valence-electron chi connectivity index (χ0n) is 12.1. The van der Waals surface area contributed by atoms with Crippen molar-refractivity contribution in [1.82, 2.24) is 10.2 Å². The summed E-state index contributed by atoms with van der Waals surface area (Å²) in [5.74, 6) is -0.128. The van der Waals surface area contributed by atoms with Crippen LogP contribution < -0.4 is 10.1 Å². The fraction of sp³-hybridized carbons (Fsp3) is 0.0625. The first kappa shape index (κ1) is 15.1. The largest absolute Gasteiger partial charge is 0.497 e. The maximum atomic E-state index is 13.7. The molecule has 0 aliphatic rings. The molecule has 116 valence electrons. The van der Waals surface area contributed by atoms with Crippen molar-refractivity contribution in [2.45, 2.75) is 0 Å². The predicted octanol–water partition coefficient (Wildman–Crippen LogP) is 3.61. The summed E-state index contributed by atoms with van der Waals surface area (Å²) in [6.45, 7) is 0. The van der Waals surface area contributed by atoms with Gasteiger partial charge in [-0.05, 0) is 30.3 Å². The van der Waals surface area contributed by atoms with E-state index >= 15 is 0 Å². The van der Waals surface area contributed by atoms with Gasteiger partial charge in [0.1, 0.15) is 11.6 Å². The SMILES string of the molecule is COc1cccc(C(=O)Nc2nnc(-c3ccccc3F)s2)c1. The van der Waals surface area contributed by atoms with E-state index in [-0.39, 0.29) is 11.7 Å². The van der Waals surface area contributed by atoms with Gasteiger partial charge in [-0.15, -0.1) is 10.2 Å². The molecule has 0 aliphatic heterocycles. The summed E-state index contributed by atoms with van der Waals surface area (Å²) in [6.07, 6.45) is 0. The van der Waals surface area contributed by atoms with E-state index in [1.165, 1.54) is 13.2 Å². The minimum Gasteiger partial charge on any atom is -0.497 e. The molecule has 23 heavy (non-hydrogen) atoms. The zero-order chi connectivity index (χ0) is 16.2. The first-order chi connectivity index (χ1) is 11.2. The first-order valence-electron chi connectivity index (χ1n) is 6.71. The highest BCUT2D eigenvalue weighted by Crippen LogP contribution is 2.28. The van der Waals surface area contributed by atoms with Crippen LogP contribution in [0.3, 0.4) is 0 Å². The molecule has 1 amide bonds. The summed E-state index contributed by atoms with van der Waals surface area (Å²) >= 11 is 1.11. The van der Waals surface area contributed by atoms with E-state index in [2.05, 4.69) is 15.5 Å². The molecule has 0 saturated carbocycles. The Morgan fingerprint density at radius 2 is 2.00 bits per heavy atom. The standard InChI is InChI=1S/C16H12FN3O2S/c1-22-11-6-4-5-10(9-11)14(21)18-16-20-19-15(23-16)12-7-2-3-8-13(12)17/h2-9H,1H3,(H,18,20,21). The molecule has 3 rings (SSSR count). The molecule has 5 nitrogen and oxygen atoms in total. The van der Waals surface area contributed by atoms with Gasteiger partial charge >= 0.3 is 0 Å². The van der Waals surface area contributed by atoms with Crippen molar-refractivity contribution < 1.29 is 13.9 Å². The van der Waals surface area contributed by atoms with Gasteiger partial charge < -0.3 is 4.74 Å². The minimum atomic E-state index is -0.380. The van der Waals surface area contributed by atoms with Gasteiger partial charge in [0.2, 0.25) is 5.13 Å².